The number of benzene rings is 3. The molecule has 0 N–H and O–H groups in total. The average molecular weight is 530 g/mol. The Morgan fingerprint density at radius 2 is 1.71 bits per heavy atom. The van der Waals surface area contributed by atoms with Gasteiger partial charge in [0.15, 0.2) is 5.16 Å². The first-order valence-electron chi connectivity index (χ1n) is 12.1. The third-order valence-corrected chi connectivity index (χ3v) is 6.96. The van der Waals surface area contributed by atoms with Gasteiger partial charge in [-0.25, -0.2) is 9.97 Å². The summed E-state index contributed by atoms with van der Waals surface area (Å²) in [7, 11) is 3.15. The van der Waals surface area contributed by atoms with Crippen molar-refractivity contribution < 1.29 is 18.6 Å². The van der Waals surface area contributed by atoms with Crippen LogP contribution in [0.3, 0.4) is 0 Å². The zero-order chi connectivity index (χ0) is 26.6. The van der Waals surface area contributed by atoms with E-state index >= 15 is 0 Å². The molecule has 0 saturated heterocycles. The molecule has 0 saturated carbocycles. The molecule has 0 atom stereocenters. The zero-order valence-electron chi connectivity index (χ0n) is 21.6. The molecule has 8 nitrogen and oxygen atoms in total. The van der Waals surface area contributed by atoms with Crippen LogP contribution in [0.15, 0.2) is 81.1 Å². The number of oxazole rings is 1. The Bertz CT molecular complexity index is 1640. The van der Waals surface area contributed by atoms with Crippen LogP contribution in [0.5, 0.6) is 17.2 Å². The third-order valence-electron chi connectivity index (χ3n) is 6.01. The molecule has 5 aromatic rings. The van der Waals surface area contributed by atoms with E-state index in [0.717, 1.165) is 17.0 Å². The summed E-state index contributed by atoms with van der Waals surface area (Å²) in [5.41, 5.74) is 2.59. The van der Waals surface area contributed by atoms with Gasteiger partial charge in [-0.1, -0.05) is 23.9 Å². The maximum atomic E-state index is 13.7. The Morgan fingerprint density at radius 1 is 0.947 bits per heavy atom. The Labute approximate surface area is 224 Å². The number of hydrogen-bond donors (Lipinski definition) is 0. The molecule has 2 aromatic heterocycles. The third kappa shape index (κ3) is 4.97. The van der Waals surface area contributed by atoms with Crippen molar-refractivity contribution in [3.63, 3.8) is 0 Å². The van der Waals surface area contributed by atoms with Crippen molar-refractivity contribution in [2.24, 2.45) is 0 Å². The summed E-state index contributed by atoms with van der Waals surface area (Å²) in [6.45, 7) is 4.44. The monoisotopic (exact) mass is 529 g/mol. The molecule has 0 spiro atoms. The first-order valence-corrected chi connectivity index (χ1v) is 13.1. The number of nitrogens with zero attached hydrogens (tertiary/aromatic N) is 3. The van der Waals surface area contributed by atoms with Crippen LogP contribution in [0.1, 0.15) is 18.4 Å². The topological polar surface area (TPSA) is 88.6 Å². The molecule has 0 unspecified atom stereocenters. The summed E-state index contributed by atoms with van der Waals surface area (Å²) in [6, 6.07) is 20.3. The van der Waals surface area contributed by atoms with E-state index in [-0.39, 0.29) is 5.56 Å². The highest BCUT2D eigenvalue weighted by molar-refractivity contribution is 7.98. The number of thioether (sulfide) groups is 1. The van der Waals surface area contributed by atoms with E-state index in [1.54, 1.807) is 43.1 Å². The first-order chi connectivity index (χ1) is 18.5. The quantitative estimate of drug-likeness (QED) is 0.168. The van der Waals surface area contributed by atoms with Crippen molar-refractivity contribution in [3.05, 3.63) is 88.5 Å². The van der Waals surface area contributed by atoms with Crippen LogP contribution in [0.25, 0.3) is 28.0 Å². The predicted molar refractivity (Wildman–Crippen MR) is 148 cm³/mol. The zero-order valence-corrected chi connectivity index (χ0v) is 22.4. The smallest absolute Gasteiger partial charge is 0.266 e. The maximum absolute atomic E-state index is 13.7. The molecule has 0 amide bonds. The summed E-state index contributed by atoms with van der Waals surface area (Å²) in [6.07, 6.45) is 0. The number of rotatable bonds is 9. The molecular weight excluding hydrogens is 502 g/mol. The second-order valence-electron chi connectivity index (χ2n) is 8.36. The van der Waals surface area contributed by atoms with Crippen molar-refractivity contribution in [2.75, 3.05) is 20.8 Å². The fraction of sp³-hybridized carbons (Fsp3) is 0.207. The van der Waals surface area contributed by atoms with Gasteiger partial charge in [0.05, 0.1) is 43.1 Å². The summed E-state index contributed by atoms with van der Waals surface area (Å²) >= 11 is 1.40. The van der Waals surface area contributed by atoms with E-state index in [9.17, 15) is 4.79 Å². The van der Waals surface area contributed by atoms with Crippen molar-refractivity contribution in [1.82, 2.24) is 14.5 Å². The van der Waals surface area contributed by atoms with Gasteiger partial charge in [0.2, 0.25) is 5.89 Å². The number of para-hydroxylation sites is 1. The molecule has 0 bridgehead atoms. The molecule has 2 heterocycles. The largest absolute Gasteiger partial charge is 0.497 e. The van der Waals surface area contributed by atoms with Gasteiger partial charge in [0.1, 0.15) is 23.0 Å². The summed E-state index contributed by atoms with van der Waals surface area (Å²) < 4.78 is 24.1. The van der Waals surface area contributed by atoms with E-state index in [2.05, 4.69) is 0 Å². The molecule has 0 aliphatic rings. The molecule has 3 aromatic carbocycles. The number of fused-ring (bicyclic) bond motifs is 1. The number of aromatic nitrogens is 3. The number of ether oxygens (including phenoxy) is 3. The minimum atomic E-state index is -0.198. The highest BCUT2D eigenvalue weighted by atomic mass is 32.2. The molecule has 0 aliphatic carbocycles. The molecule has 0 aliphatic heterocycles. The minimum absolute atomic E-state index is 0.198. The Hall–Kier alpha value is -4.24. The average Bonchev–Trinajstić information content (AvgIpc) is 3.32. The Balaban J connectivity index is 1.53. The minimum Gasteiger partial charge on any atom is -0.497 e. The van der Waals surface area contributed by atoms with E-state index < -0.39 is 0 Å². The van der Waals surface area contributed by atoms with Gasteiger partial charge in [-0.15, -0.1) is 0 Å². The van der Waals surface area contributed by atoms with Crippen molar-refractivity contribution in [3.8, 4) is 34.4 Å². The molecule has 0 fully saturated rings. The molecule has 38 heavy (non-hydrogen) atoms. The normalized spacial score (nSPS) is 11.1. The van der Waals surface area contributed by atoms with Crippen molar-refractivity contribution >= 4 is 22.7 Å². The Kier molecular flexibility index (Phi) is 7.37. The van der Waals surface area contributed by atoms with Gasteiger partial charge < -0.3 is 18.6 Å². The summed E-state index contributed by atoms with van der Waals surface area (Å²) in [5.74, 6) is 3.60. The van der Waals surface area contributed by atoms with E-state index in [1.807, 2.05) is 56.3 Å². The van der Waals surface area contributed by atoms with Gasteiger partial charge in [-0.2, -0.15) is 0 Å². The molecule has 5 rings (SSSR count). The lowest BCUT2D eigenvalue weighted by molar-refractivity contribution is 0.340. The highest BCUT2D eigenvalue weighted by Gasteiger charge is 2.19. The van der Waals surface area contributed by atoms with E-state index in [0.29, 0.717) is 57.3 Å². The van der Waals surface area contributed by atoms with Crippen molar-refractivity contribution in [2.45, 2.75) is 24.8 Å². The van der Waals surface area contributed by atoms with Crippen LogP contribution in [0, 0.1) is 6.92 Å². The van der Waals surface area contributed by atoms with Crippen LogP contribution in [0.2, 0.25) is 0 Å². The van der Waals surface area contributed by atoms with Gasteiger partial charge in [0, 0.05) is 17.4 Å². The molecular formula is C29H27N3O5S. The second-order valence-corrected chi connectivity index (χ2v) is 9.30. The molecule has 9 heteroatoms. The molecule has 0 radical (unpaired) electrons. The fourth-order valence-corrected chi connectivity index (χ4v) is 5.08. The number of hydrogen-bond acceptors (Lipinski definition) is 8. The van der Waals surface area contributed by atoms with Crippen LogP contribution in [-0.4, -0.2) is 35.4 Å². The predicted octanol–water partition coefficient (Wildman–Crippen LogP) is 6.06. The SMILES string of the molecule is CCOc1ccc(-c2nc(CSc3nc4ccccc4c(=O)n3-c3cc(OC)ccc3OC)c(C)o2)cc1. The number of aryl methyl sites for hydroxylation is 1. The summed E-state index contributed by atoms with van der Waals surface area (Å²) in [5, 5.41) is 1.02. The summed E-state index contributed by atoms with van der Waals surface area (Å²) in [4.78, 5) is 23.3. The van der Waals surface area contributed by atoms with E-state index in [1.165, 1.54) is 11.8 Å². The lowest BCUT2D eigenvalue weighted by Crippen LogP contribution is -2.22. The van der Waals surface area contributed by atoms with Gasteiger partial charge in [-0.3, -0.25) is 9.36 Å². The second kappa shape index (κ2) is 11.0. The van der Waals surface area contributed by atoms with Gasteiger partial charge in [-0.05, 0) is 62.4 Å². The van der Waals surface area contributed by atoms with E-state index in [4.69, 9.17) is 28.6 Å². The van der Waals surface area contributed by atoms with Crippen LogP contribution < -0.4 is 19.8 Å². The van der Waals surface area contributed by atoms with Gasteiger partial charge in [0.25, 0.3) is 5.56 Å². The van der Waals surface area contributed by atoms with Crippen molar-refractivity contribution in [1.29, 1.82) is 0 Å². The van der Waals surface area contributed by atoms with Crippen LogP contribution in [-0.2, 0) is 5.75 Å². The van der Waals surface area contributed by atoms with Crippen LogP contribution in [0.4, 0.5) is 0 Å². The lowest BCUT2D eigenvalue weighted by Gasteiger charge is -2.16. The van der Waals surface area contributed by atoms with Crippen LogP contribution >= 0.6 is 11.8 Å². The maximum Gasteiger partial charge on any atom is 0.266 e. The standard InChI is InChI=1S/C29H27N3O5S/c1-5-36-20-12-10-19(11-13-20)27-30-24(18(2)37-27)17-38-29-31-23-9-7-6-8-22(23)28(33)32(29)25-16-21(34-3)14-15-26(25)35-4/h6-16H,5,17H2,1-4H3. The van der Waals surface area contributed by atoms with Gasteiger partial charge >= 0.3 is 0 Å². The highest BCUT2D eigenvalue weighted by Crippen LogP contribution is 2.33. The first kappa shape index (κ1) is 25.4. The molecule has 194 valence electrons. The lowest BCUT2D eigenvalue weighted by atomic mass is 10.2. The number of methoxy groups -OCH3 is 2. The fourth-order valence-electron chi connectivity index (χ4n) is 4.07. The Morgan fingerprint density at radius 3 is 2.45 bits per heavy atom.